The van der Waals surface area contributed by atoms with E-state index in [1.165, 1.54) is 50.1 Å². The van der Waals surface area contributed by atoms with Gasteiger partial charge in [-0.25, -0.2) is 9.78 Å². The van der Waals surface area contributed by atoms with Gasteiger partial charge in [0.05, 0.1) is 23.4 Å². The number of hydrogen-bond acceptors (Lipinski definition) is 5. The van der Waals surface area contributed by atoms with Gasteiger partial charge in [0.1, 0.15) is 23.3 Å². The Balaban J connectivity index is 1.79. The van der Waals surface area contributed by atoms with Crippen LogP contribution in [0.2, 0.25) is 5.02 Å². The topological polar surface area (TPSA) is 72.2 Å². The number of carbonyl (C=O) groups is 1. The Morgan fingerprint density at radius 1 is 1.11 bits per heavy atom. The number of rotatable bonds is 10. The lowest BCUT2D eigenvalue weighted by Gasteiger charge is -2.07. The smallest absolute Gasteiger partial charge is 0.362 e. The van der Waals surface area contributed by atoms with E-state index in [1.807, 2.05) is 6.07 Å². The minimum Gasteiger partial charge on any atom is -0.492 e. The average Bonchev–Trinajstić information content (AvgIpc) is 2.68. The van der Waals surface area contributed by atoms with Crippen LogP contribution in [0.25, 0.3) is 0 Å². The number of halogens is 1. The Kier molecular flexibility index (Phi) is 8.60. The lowest BCUT2D eigenvalue weighted by molar-refractivity contribution is 0.0728. The first kappa shape index (κ1) is 20.7. The van der Waals surface area contributed by atoms with Crippen LogP contribution >= 0.6 is 11.6 Å². The first-order valence-corrected chi connectivity index (χ1v) is 9.52. The van der Waals surface area contributed by atoms with Crippen molar-refractivity contribution >= 4 is 17.6 Å². The summed E-state index contributed by atoms with van der Waals surface area (Å²) in [5.74, 6) is 0.286. The summed E-state index contributed by atoms with van der Waals surface area (Å²) in [6, 6.07) is 9.65. The molecule has 0 saturated heterocycles. The Hall–Kier alpha value is -2.58. The minimum atomic E-state index is -0.599. The summed E-state index contributed by atoms with van der Waals surface area (Å²) in [5, 5.41) is 9.09. The molecule has 6 heteroatoms. The molecule has 27 heavy (non-hydrogen) atoms. The van der Waals surface area contributed by atoms with Crippen LogP contribution in [0.3, 0.4) is 0 Å². The van der Waals surface area contributed by atoms with Gasteiger partial charge < -0.3 is 9.47 Å². The van der Waals surface area contributed by atoms with Gasteiger partial charge >= 0.3 is 5.97 Å². The molecule has 0 aliphatic rings. The summed E-state index contributed by atoms with van der Waals surface area (Å²) < 4.78 is 10.9. The van der Waals surface area contributed by atoms with Crippen molar-refractivity contribution in [3.8, 4) is 17.6 Å². The molecule has 0 N–H and O–H groups in total. The van der Waals surface area contributed by atoms with Gasteiger partial charge in [0.2, 0.25) is 0 Å². The van der Waals surface area contributed by atoms with Crippen LogP contribution in [0.4, 0.5) is 0 Å². The second-order valence-electron chi connectivity index (χ2n) is 6.14. The van der Waals surface area contributed by atoms with Gasteiger partial charge in [-0.15, -0.1) is 0 Å². The molecule has 142 valence electrons. The number of aromatic nitrogens is 1. The predicted molar refractivity (Wildman–Crippen MR) is 104 cm³/mol. The Morgan fingerprint density at radius 3 is 2.52 bits per heavy atom. The summed E-state index contributed by atoms with van der Waals surface area (Å²) in [6.07, 6.45) is 8.72. The van der Waals surface area contributed by atoms with Crippen LogP contribution in [-0.2, 0) is 0 Å². The third kappa shape index (κ3) is 6.92. The number of ether oxygens (including phenoxy) is 2. The third-order valence-corrected chi connectivity index (χ3v) is 4.30. The second-order valence-corrected chi connectivity index (χ2v) is 6.55. The lowest BCUT2D eigenvalue weighted by Crippen LogP contribution is -2.10. The normalized spacial score (nSPS) is 10.3. The van der Waals surface area contributed by atoms with Crippen LogP contribution in [0, 0.1) is 11.3 Å². The zero-order valence-electron chi connectivity index (χ0n) is 15.4. The van der Waals surface area contributed by atoms with Crippen molar-refractivity contribution in [2.45, 2.75) is 45.4 Å². The van der Waals surface area contributed by atoms with Crippen molar-refractivity contribution in [2.24, 2.45) is 0 Å². The maximum atomic E-state index is 12.1. The predicted octanol–water partition coefficient (Wildman–Crippen LogP) is 5.57. The fourth-order valence-electron chi connectivity index (χ4n) is 2.47. The zero-order valence-corrected chi connectivity index (χ0v) is 16.2. The Morgan fingerprint density at radius 2 is 1.85 bits per heavy atom. The number of nitrogens with zero attached hydrogens (tertiary/aromatic N) is 2. The average molecular weight is 387 g/mol. The number of nitriles is 1. The molecule has 0 atom stereocenters. The number of unbranched alkanes of at least 4 members (excludes halogenated alkanes) is 5. The van der Waals surface area contributed by atoms with Gasteiger partial charge in [-0.05, 0) is 30.7 Å². The molecular weight excluding hydrogens is 364 g/mol. The van der Waals surface area contributed by atoms with E-state index in [2.05, 4.69) is 11.9 Å². The second kappa shape index (κ2) is 11.2. The molecule has 0 saturated carbocycles. The summed E-state index contributed by atoms with van der Waals surface area (Å²) in [7, 11) is 0. The van der Waals surface area contributed by atoms with E-state index in [1.54, 1.807) is 12.1 Å². The molecule has 2 rings (SSSR count). The van der Waals surface area contributed by atoms with Crippen molar-refractivity contribution in [1.29, 1.82) is 5.26 Å². The number of benzene rings is 1. The van der Waals surface area contributed by atoms with Gasteiger partial charge in [-0.2, -0.15) is 5.26 Å². The molecule has 0 aliphatic heterocycles. The SMILES string of the molecule is CCCCCCCCOc1ccc(C(=O)Oc2ccc(C#N)c(Cl)c2)nc1. The highest BCUT2D eigenvalue weighted by Crippen LogP contribution is 2.22. The fraction of sp³-hybridized carbons (Fsp3) is 0.381. The molecule has 0 radical (unpaired) electrons. The maximum Gasteiger partial charge on any atom is 0.362 e. The van der Waals surface area contributed by atoms with Gasteiger partial charge in [-0.3, -0.25) is 0 Å². The van der Waals surface area contributed by atoms with Gasteiger partial charge in [0.25, 0.3) is 0 Å². The standard InChI is InChI=1S/C21H23ClN2O3/c1-2-3-4-5-6-7-12-26-18-10-11-20(24-15-18)21(25)27-17-9-8-16(14-23)19(22)13-17/h8-11,13,15H,2-7,12H2,1H3. The Bertz CT molecular complexity index is 785. The number of esters is 1. The first-order valence-electron chi connectivity index (χ1n) is 9.14. The van der Waals surface area contributed by atoms with E-state index < -0.39 is 5.97 Å². The molecule has 5 nitrogen and oxygen atoms in total. The number of hydrogen-bond donors (Lipinski definition) is 0. The summed E-state index contributed by atoms with van der Waals surface area (Å²) >= 11 is 5.93. The number of pyridine rings is 1. The van der Waals surface area contributed by atoms with E-state index in [0.717, 1.165) is 12.8 Å². The molecular formula is C21H23ClN2O3. The monoisotopic (exact) mass is 386 g/mol. The van der Waals surface area contributed by atoms with E-state index >= 15 is 0 Å². The summed E-state index contributed by atoms with van der Waals surface area (Å²) in [4.78, 5) is 16.2. The molecule has 1 aromatic carbocycles. The molecule has 0 aliphatic carbocycles. The highest BCUT2D eigenvalue weighted by atomic mass is 35.5. The maximum absolute atomic E-state index is 12.1. The van der Waals surface area contributed by atoms with E-state index in [4.69, 9.17) is 26.3 Å². The van der Waals surface area contributed by atoms with Crippen molar-refractivity contribution in [3.05, 3.63) is 52.8 Å². The van der Waals surface area contributed by atoms with Crippen LogP contribution < -0.4 is 9.47 Å². The molecule has 0 amide bonds. The van der Waals surface area contributed by atoms with Crippen molar-refractivity contribution in [2.75, 3.05) is 6.61 Å². The summed E-state index contributed by atoms with van der Waals surface area (Å²) in [6.45, 7) is 2.84. The van der Waals surface area contributed by atoms with Crippen molar-refractivity contribution in [1.82, 2.24) is 4.98 Å². The molecule has 0 bridgehead atoms. The van der Waals surface area contributed by atoms with E-state index in [0.29, 0.717) is 17.9 Å². The van der Waals surface area contributed by atoms with E-state index in [9.17, 15) is 4.79 Å². The third-order valence-electron chi connectivity index (χ3n) is 3.98. The van der Waals surface area contributed by atoms with Crippen LogP contribution in [0.5, 0.6) is 11.5 Å². The zero-order chi connectivity index (χ0) is 19.5. The molecule has 0 fully saturated rings. The van der Waals surface area contributed by atoms with Gasteiger partial charge in [0.15, 0.2) is 0 Å². The molecule has 0 spiro atoms. The fourth-order valence-corrected chi connectivity index (χ4v) is 2.68. The summed E-state index contributed by atoms with van der Waals surface area (Å²) in [5.41, 5.74) is 0.490. The largest absolute Gasteiger partial charge is 0.492 e. The van der Waals surface area contributed by atoms with Crippen molar-refractivity contribution in [3.63, 3.8) is 0 Å². The van der Waals surface area contributed by atoms with Crippen LogP contribution in [0.1, 0.15) is 61.5 Å². The minimum absolute atomic E-state index is 0.169. The number of carbonyl (C=O) groups excluding carboxylic acids is 1. The van der Waals surface area contributed by atoms with Crippen molar-refractivity contribution < 1.29 is 14.3 Å². The molecule has 2 aromatic rings. The first-order chi connectivity index (χ1) is 13.1. The highest BCUT2D eigenvalue weighted by Gasteiger charge is 2.12. The van der Waals surface area contributed by atoms with Crippen LogP contribution in [-0.4, -0.2) is 17.6 Å². The molecule has 1 aromatic heterocycles. The molecule has 0 unspecified atom stereocenters. The molecule has 1 heterocycles. The van der Waals surface area contributed by atoms with Gasteiger partial charge in [0, 0.05) is 6.07 Å². The highest BCUT2D eigenvalue weighted by molar-refractivity contribution is 6.31. The quantitative estimate of drug-likeness (QED) is 0.303. The van der Waals surface area contributed by atoms with E-state index in [-0.39, 0.29) is 16.5 Å². The lowest BCUT2D eigenvalue weighted by atomic mass is 10.1. The Labute approximate surface area is 164 Å². The van der Waals surface area contributed by atoms with Gasteiger partial charge in [-0.1, -0.05) is 50.6 Å². The van der Waals surface area contributed by atoms with Crippen LogP contribution in [0.15, 0.2) is 36.5 Å².